The van der Waals surface area contributed by atoms with Crippen molar-refractivity contribution in [1.82, 2.24) is 19.8 Å². The summed E-state index contributed by atoms with van der Waals surface area (Å²) in [5, 5.41) is 3.43. The van der Waals surface area contributed by atoms with E-state index in [0.29, 0.717) is 17.4 Å². The van der Waals surface area contributed by atoms with Crippen LogP contribution in [0.25, 0.3) is 0 Å². The number of nitrogens with one attached hydrogen (secondary N) is 1. The summed E-state index contributed by atoms with van der Waals surface area (Å²) in [7, 11) is 0. The normalized spacial score (nSPS) is 24.1. The van der Waals surface area contributed by atoms with Gasteiger partial charge >= 0.3 is 0 Å². The molecule has 3 heterocycles. The highest BCUT2D eigenvalue weighted by Gasteiger charge is 2.39. The maximum absolute atomic E-state index is 12.2. The van der Waals surface area contributed by atoms with Gasteiger partial charge in [-0.3, -0.25) is 4.79 Å². The smallest absolute Gasteiger partial charge is 0.222 e. The van der Waals surface area contributed by atoms with Gasteiger partial charge in [0.05, 0.1) is 6.33 Å². The van der Waals surface area contributed by atoms with Gasteiger partial charge in [0.2, 0.25) is 5.91 Å². The molecule has 20 heavy (non-hydrogen) atoms. The fourth-order valence-corrected chi connectivity index (χ4v) is 3.58. The molecule has 1 spiro atoms. The molecular formula is C15H24N4O. The first-order chi connectivity index (χ1) is 9.69. The number of piperidine rings is 2. The van der Waals surface area contributed by atoms with Crippen LogP contribution in [-0.2, 0) is 4.79 Å². The number of aromatic nitrogens is 2. The van der Waals surface area contributed by atoms with E-state index in [1.165, 1.54) is 12.8 Å². The lowest BCUT2D eigenvalue weighted by molar-refractivity contribution is -0.139. The average Bonchev–Trinajstić information content (AvgIpc) is 2.98. The van der Waals surface area contributed by atoms with E-state index >= 15 is 0 Å². The molecular weight excluding hydrogens is 252 g/mol. The van der Waals surface area contributed by atoms with Crippen LogP contribution >= 0.6 is 0 Å². The lowest BCUT2D eigenvalue weighted by Gasteiger charge is -2.45. The Morgan fingerprint density at radius 3 is 2.90 bits per heavy atom. The van der Waals surface area contributed by atoms with Crippen molar-refractivity contribution in [1.29, 1.82) is 0 Å². The summed E-state index contributed by atoms with van der Waals surface area (Å²) in [6.07, 6.45) is 9.80. The molecule has 0 radical (unpaired) electrons. The molecule has 2 fully saturated rings. The van der Waals surface area contributed by atoms with E-state index in [4.69, 9.17) is 0 Å². The molecule has 110 valence electrons. The summed E-state index contributed by atoms with van der Waals surface area (Å²) in [5.41, 5.74) is 0.369. The van der Waals surface area contributed by atoms with Crippen LogP contribution in [0.4, 0.5) is 0 Å². The van der Waals surface area contributed by atoms with Gasteiger partial charge in [-0.05, 0) is 44.7 Å². The first kappa shape index (κ1) is 13.6. The predicted molar refractivity (Wildman–Crippen MR) is 77.3 cm³/mol. The number of carbonyl (C=O) groups is 1. The summed E-state index contributed by atoms with van der Waals surface area (Å²) in [5.74, 6) is 0.320. The zero-order chi connectivity index (χ0) is 14.0. The highest BCUT2D eigenvalue weighted by atomic mass is 16.2. The molecule has 2 saturated heterocycles. The van der Waals surface area contributed by atoms with Gasteiger partial charge in [-0.1, -0.05) is 0 Å². The van der Waals surface area contributed by atoms with Crippen molar-refractivity contribution in [2.75, 3.05) is 26.2 Å². The Balaban J connectivity index is 1.66. The lowest BCUT2D eigenvalue weighted by Crippen LogP contribution is -2.51. The van der Waals surface area contributed by atoms with Crippen molar-refractivity contribution in [2.45, 2.75) is 38.6 Å². The summed E-state index contributed by atoms with van der Waals surface area (Å²) < 4.78 is 2.08. The van der Waals surface area contributed by atoms with Gasteiger partial charge in [0.1, 0.15) is 0 Å². The van der Waals surface area contributed by atoms with E-state index in [1.807, 2.05) is 12.5 Å². The van der Waals surface area contributed by atoms with Crippen LogP contribution in [-0.4, -0.2) is 46.5 Å². The molecule has 1 amide bonds. The van der Waals surface area contributed by atoms with E-state index in [9.17, 15) is 4.79 Å². The number of hydrogen-bond donors (Lipinski definition) is 1. The van der Waals surface area contributed by atoms with Crippen molar-refractivity contribution < 1.29 is 4.79 Å². The minimum absolute atomic E-state index is 0.290. The topological polar surface area (TPSA) is 50.2 Å². The largest absolute Gasteiger partial charge is 0.340 e. The van der Waals surface area contributed by atoms with Crippen molar-refractivity contribution in [3.05, 3.63) is 18.7 Å². The van der Waals surface area contributed by atoms with Crippen LogP contribution in [0.2, 0.25) is 0 Å². The highest BCUT2D eigenvalue weighted by molar-refractivity contribution is 5.77. The second-order valence-corrected chi connectivity index (χ2v) is 6.38. The van der Waals surface area contributed by atoms with Crippen LogP contribution in [0.1, 0.15) is 38.6 Å². The number of nitrogens with zero attached hydrogens (tertiary/aromatic N) is 3. The third-order valence-electron chi connectivity index (χ3n) is 4.93. The van der Waals surface area contributed by atoms with E-state index in [1.54, 1.807) is 6.20 Å². The van der Waals surface area contributed by atoms with Crippen LogP contribution in [0.15, 0.2) is 18.7 Å². The number of amides is 1. The monoisotopic (exact) mass is 276 g/mol. The molecule has 0 aliphatic carbocycles. The molecule has 0 aromatic carbocycles. The number of likely N-dealkylation sites (tertiary alicyclic amines) is 1. The summed E-state index contributed by atoms with van der Waals surface area (Å²) >= 11 is 0. The Morgan fingerprint density at radius 2 is 2.20 bits per heavy atom. The Hall–Kier alpha value is -1.36. The molecule has 0 saturated carbocycles. The minimum atomic E-state index is 0.290. The van der Waals surface area contributed by atoms with Gasteiger partial charge in [0.15, 0.2) is 0 Å². The number of imidazole rings is 1. The minimum Gasteiger partial charge on any atom is -0.340 e. The molecule has 3 rings (SSSR count). The molecule has 2 aliphatic rings. The van der Waals surface area contributed by atoms with Gasteiger partial charge in [-0.2, -0.15) is 0 Å². The summed E-state index contributed by atoms with van der Waals surface area (Å²) in [4.78, 5) is 18.4. The molecule has 1 aromatic heterocycles. The SMILES string of the molecule is C[C@H](CN1CC2(CCNCC2)CCC1=O)n1ccnc1. The van der Waals surface area contributed by atoms with Crippen LogP contribution in [0.3, 0.4) is 0 Å². The number of carbonyl (C=O) groups excluding carboxylic acids is 1. The second kappa shape index (κ2) is 5.56. The van der Waals surface area contributed by atoms with E-state index in [2.05, 4.69) is 26.7 Å². The molecule has 1 N–H and O–H groups in total. The number of rotatable bonds is 3. The molecule has 5 heteroatoms. The third-order valence-corrected chi connectivity index (χ3v) is 4.93. The third kappa shape index (κ3) is 2.73. The zero-order valence-electron chi connectivity index (χ0n) is 12.2. The lowest BCUT2D eigenvalue weighted by atomic mass is 9.72. The summed E-state index contributed by atoms with van der Waals surface area (Å²) in [6, 6.07) is 0.290. The first-order valence-electron chi connectivity index (χ1n) is 7.64. The predicted octanol–water partition coefficient (Wildman–Crippen LogP) is 1.44. The quantitative estimate of drug-likeness (QED) is 0.909. The van der Waals surface area contributed by atoms with Gasteiger partial charge in [-0.25, -0.2) is 4.98 Å². The fraction of sp³-hybridized carbons (Fsp3) is 0.733. The van der Waals surface area contributed by atoms with Crippen molar-refractivity contribution >= 4 is 5.91 Å². The molecule has 0 unspecified atom stereocenters. The average molecular weight is 276 g/mol. The van der Waals surface area contributed by atoms with Gasteiger partial charge in [0, 0.05) is 37.9 Å². The second-order valence-electron chi connectivity index (χ2n) is 6.38. The van der Waals surface area contributed by atoms with Crippen LogP contribution in [0, 0.1) is 5.41 Å². The van der Waals surface area contributed by atoms with E-state index in [0.717, 1.165) is 39.0 Å². The summed E-state index contributed by atoms with van der Waals surface area (Å²) in [6.45, 7) is 6.08. The molecule has 1 aromatic rings. The Morgan fingerprint density at radius 1 is 1.40 bits per heavy atom. The Kier molecular flexibility index (Phi) is 3.78. The first-order valence-corrected chi connectivity index (χ1v) is 7.64. The van der Waals surface area contributed by atoms with E-state index in [-0.39, 0.29) is 0 Å². The maximum atomic E-state index is 12.2. The van der Waals surface area contributed by atoms with Gasteiger partial charge in [-0.15, -0.1) is 0 Å². The van der Waals surface area contributed by atoms with Crippen LogP contribution < -0.4 is 5.32 Å². The fourth-order valence-electron chi connectivity index (χ4n) is 3.58. The van der Waals surface area contributed by atoms with Gasteiger partial charge < -0.3 is 14.8 Å². The van der Waals surface area contributed by atoms with Crippen molar-refractivity contribution in [2.24, 2.45) is 5.41 Å². The number of hydrogen-bond acceptors (Lipinski definition) is 3. The maximum Gasteiger partial charge on any atom is 0.222 e. The zero-order valence-corrected chi connectivity index (χ0v) is 12.2. The highest BCUT2D eigenvalue weighted by Crippen LogP contribution is 2.38. The van der Waals surface area contributed by atoms with Crippen molar-refractivity contribution in [3.63, 3.8) is 0 Å². The van der Waals surface area contributed by atoms with E-state index < -0.39 is 0 Å². The Bertz CT molecular complexity index is 450. The molecule has 0 bridgehead atoms. The standard InChI is InChI=1S/C15H24N4O/c1-13(18-9-8-17-12-18)10-19-11-15(3-2-14(19)20)4-6-16-7-5-15/h8-9,12-13,16H,2-7,10-11H2,1H3/t13-/m1/s1. The molecule has 1 atom stereocenters. The van der Waals surface area contributed by atoms with Gasteiger partial charge in [0.25, 0.3) is 0 Å². The Labute approximate surface area is 120 Å². The molecule has 5 nitrogen and oxygen atoms in total. The van der Waals surface area contributed by atoms with Crippen molar-refractivity contribution in [3.8, 4) is 0 Å². The molecule has 2 aliphatic heterocycles. The van der Waals surface area contributed by atoms with Crippen LogP contribution in [0.5, 0.6) is 0 Å².